The van der Waals surface area contributed by atoms with Gasteiger partial charge in [-0.05, 0) is 13.0 Å². The van der Waals surface area contributed by atoms with Gasteiger partial charge in [0.2, 0.25) is 11.8 Å². The van der Waals surface area contributed by atoms with E-state index in [0.717, 1.165) is 0 Å². The summed E-state index contributed by atoms with van der Waals surface area (Å²) in [5.41, 5.74) is 0. The molecule has 1 heterocycles. The van der Waals surface area contributed by atoms with Crippen LogP contribution in [0.25, 0.3) is 0 Å². The van der Waals surface area contributed by atoms with Gasteiger partial charge in [-0.2, -0.15) is 0 Å². The predicted molar refractivity (Wildman–Crippen MR) is 76.6 cm³/mol. The largest absolute Gasteiger partial charge is 1.00 e. The van der Waals surface area contributed by atoms with Crippen LogP contribution in [0.1, 0.15) is 19.3 Å². The van der Waals surface area contributed by atoms with Crippen molar-refractivity contribution in [3.8, 4) is 0 Å². The number of carbonyl (C=O) groups is 2. The number of imide groups is 1. The van der Waals surface area contributed by atoms with Gasteiger partial charge in [-0.1, -0.05) is 11.4 Å². The van der Waals surface area contributed by atoms with Crippen molar-refractivity contribution in [3.63, 3.8) is 0 Å². The molecule has 10 nitrogen and oxygen atoms in total. The van der Waals surface area contributed by atoms with E-state index >= 15 is 0 Å². The van der Waals surface area contributed by atoms with Crippen LogP contribution in [0.15, 0.2) is 0 Å². The quantitative estimate of drug-likeness (QED) is 0.182. The number of likely N-dealkylation sites (tertiary alicyclic amines) is 1. The van der Waals surface area contributed by atoms with Crippen molar-refractivity contribution in [2.75, 3.05) is 25.4 Å². The topological polar surface area (TPSA) is 204 Å². The number of hydrogen-bond acceptors (Lipinski definition) is 6. The number of nitrogens with one attached hydrogen (secondary N) is 1. The Hall–Kier alpha value is 0.480. The predicted octanol–water partition coefficient (Wildman–Crippen LogP) is -6.16. The third kappa shape index (κ3) is 13.0. The van der Waals surface area contributed by atoms with E-state index in [-0.39, 0.29) is 63.6 Å². The van der Waals surface area contributed by atoms with E-state index in [1.165, 1.54) is 4.90 Å². The molecule has 0 aromatic rings. The Bertz CT molecular complexity index is 354. The summed E-state index contributed by atoms with van der Waals surface area (Å²) in [4.78, 5) is 42.6. The molecule has 1 unspecified atom stereocenters. The van der Waals surface area contributed by atoms with Gasteiger partial charge in [0.15, 0.2) is 6.80 Å². The molecule has 0 saturated carbocycles. The fourth-order valence-corrected chi connectivity index (χ4v) is 3.02. The fraction of sp³-hybridized carbons (Fsp3) is 0.778. The minimum absolute atomic E-state index is 0. The molecular weight excluding hydrogens is 350 g/mol. The van der Waals surface area contributed by atoms with Crippen LogP contribution in [-0.4, -0.2) is 63.4 Å². The van der Waals surface area contributed by atoms with Crippen molar-refractivity contribution in [2.24, 2.45) is 0 Å². The molecule has 8 N–H and O–H groups in total. The van der Waals surface area contributed by atoms with Crippen LogP contribution in [-0.2, 0) is 14.2 Å². The average Bonchev–Trinajstić information content (AvgIpc) is 2.57. The van der Waals surface area contributed by atoms with Crippen molar-refractivity contribution in [1.29, 1.82) is 0 Å². The summed E-state index contributed by atoms with van der Waals surface area (Å²) in [6, 6.07) is 0. The summed E-state index contributed by atoms with van der Waals surface area (Å²) in [5.74, 6) is 0.0185. The number of hydrogen-bond donors (Lipinski definition) is 2. The van der Waals surface area contributed by atoms with E-state index in [9.17, 15) is 19.0 Å². The monoisotopic (exact) mass is 372 g/mol. The second-order valence-electron chi connectivity index (χ2n) is 3.84. The Morgan fingerprint density at radius 1 is 1.18 bits per heavy atom. The Morgan fingerprint density at radius 3 is 2.14 bits per heavy atom. The average molecular weight is 372 g/mol. The van der Waals surface area contributed by atoms with Gasteiger partial charge in [0.05, 0.1) is 0 Å². The van der Waals surface area contributed by atoms with Gasteiger partial charge in [-0.3, -0.25) is 19.1 Å². The van der Waals surface area contributed by atoms with Gasteiger partial charge in [-0.15, -0.1) is 0 Å². The fourth-order valence-electron chi connectivity index (χ4n) is 1.59. The minimum atomic E-state index is -4.23. The molecule has 0 aromatic heterocycles. The molecule has 22 heavy (non-hydrogen) atoms. The van der Waals surface area contributed by atoms with Crippen LogP contribution in [0.5, 0.6) is 0 Å². The third-order valence-corrected chi connectivity index (χ3v) is 4.66. The maximum atomic E-state index is 11.2. The molecule has 13 heteroatoms. The first-order valence-electron chi connectivity index (χ1n) is 5.62. The number of amides is 2. The molecule has 0 radical (unpaired) electrons. The zero-order valence-corrected chi connectivity index (χ0v) is 16.0. The first-order valence-corrected chi connectivity index (χ1v) is 8.79. The first-order chi connectivity index (χ1) is 8.40. The van der Waals surface area contributed by atoms with Gasteiger partial charge < -0.3 is 31.5 Å². The van der Waals surface area contributed by atoms with E-state index in [0.29, 0.717) is 50.3 Å². The van der Waals surface area contributed by atoms with Crippen LogP contribution < -0.4 is 39.8 Å². The molecule has 0 bridgehead atoms. The smallest absolute Gasteiger partial charge is 0.770 e. The van der Waals surface area contributed by atoms with E-state index in [1.54, 1.807) is 0 Å². The molecule has 1 rings (SSSR count). The molecule has 1 aliphatic heterocycles. The molecule has 0 aromatic carbocycles. The maximum Gasteiger partial charge on any atom is 1.00 e. The van der Waals surface area contributed by atoms with Crippen LogP contribution in [0.3, 0.4) is 0 Å². The zero-order valence-electron chi connectivity index (χ0n) is 12.3. The Balaban J connectivity index is -0.000000405. The van der Waals surface area contributed by atoms with E-state index in [4.69, 9.17) is 4.89 Å². The maximum absolute atomic E-state index is 11.2. The molecular formula is C9H22N2NaO8PS. The van der Waals surface area contributed by atoms with Crippen molar-refractivity contribution in [1.82, 2.24) is 10.2 Å². The summed E-state index contributed by atoms with van der Waals surface area (Å²) >= 11 is 0.492. The Kier molecular flexibility index (Phi) is 20.8. The number of carbonyl (C=O) groups excluding carboxylic acids is 2. The van der Waals surface area contributed by atoms with Crippen molar-refractivity contribution < 1.29 is 69.9 Å². The summed E-state index contributed by atoms with van der Waals surface area (Å²) < 4.78 is 10.4. The van der Waals surface area contributed by atoms with Crippen LogP contribution >= 0.6 is 18.2 Å². The Morgan fingerprint density at radius 2 is 1.68 bits per heavy atom. The van der Waals surface area contributed by atoms with Crippen molar-refractivity contribution in [3.05, 3.63) is 0 Å². The molecule has 2 amide bonds. The number of rotatable bonds is 8. The van der Waals surface area contributed by atoms with Crippen LogP contribution in [0.4, 0.5) is 0 Å². The molecule has 128 valence electrons. The first kappa shape index (κ1) is 30.4. The molecule has 1 saturated heterocycles. The second kappa shape index (κ2) is 15.0. The van der Waals surface area contributed by atoms with E-state index < -0.39 is 6.80 Å². The van der Waals surface area contributed by atoms with Gasteiger partial charge in [-0.25, -0.2) is 0 Å². The summed E-state index contributed by atoms with van der Waals surface area (Å²) in [7, 11) is 0. The van der Waals surface area contributed by atoms with Crippen LogP contribution in [0.2, 0.25) is 0 Å². The number of nitrogens with zero attached hydrogens (tertiary/aromatic N) is 1. The summed E-state index contributed by atoms with van der Waals surface area (Å²) in [5, 5.41) is 2.97. The van der Waals surface area contributed by atoms with Crippen LogP contribution in [0, 0.1) is 0 Å². The van der Waals surface area contributed by atoms with E-state index in [2.05, 4.69) is 5.32 Å². The van der Waals surface area contributed by atoms with Gasteiger partial charge in [0.1, 0.15) is 0 Å². The molecule has 0 spiro atoms. The Labute approximate surface area is 154 Å². The van der Waals surface area contributed by atoms with Gasteiger partial charge in [0, 0.05) is 31.7 Å². The normalized spacial score (nSPS) is 15.8. The van der Waals surface area contributed by atoms with Gasteiger partial charge >= 0.3 is 29.6 Å². The summed E-state index contributed by atoms with van der Waals surface area (Å²) in [6.45, 7) is -2.79. The second-order valence-corrected chi connectivity index (χ2v) is 7.61. The third-order valence-electron chi connectivity index (χ3n) is 2.42. The van der Waals surface area contributed by atoms with Crippen molar-refractivity contribution >= 4 is 30.0 Å². The van der Waals surface area contributed by atoms with E-state index in [1.807, 2.05) is 0 Å². The SMILES string of the molecule is O.O.O.O=C1CCC(=O)N1CCCNCCSP(=O)([O-])O.[Na+]. The minimum Gasteiger partial charge on any atom is -0.770 e. The molecule has 1 atom stereocenters. The van der Waals surface area contributed by atoms with Gasteiger partial charge in [0.25, 0.3) is 0 Å². The standard InChI is InChI=1S/C9H17N2O5PS.Na.3H2O/c12-8-2-3-9(13)11(8)6-1-4-10-5-7-18-17(14,15)16;;;;/h10H,1-7H2,(H2,14,15,16);;3*1H2/q;+1;;;/p-1. The summed E-state index contributed by atoms with van der Waals surface area (Å²) in [6.07, 6.45) is 1.24. The van der Waals surface area contributed by atoms with Crippen molar-refractivity contribution in [2.45, 2.75) is 19.3 Å². The molecule has 0 aliphatic carbocycles. The molecule has 1 aliphatic rings. The zero-order chi connectivity index (χ0) is 13.6. The molecule has 1 fully saturated rings.